The molecule has 0 saturated carbocycles. The Kier molecular flexibility index (Phi) is 4.36. The van der Waals surface area contributed by atoms with Crippen LogP contribution in [0.4, 0.5) is 27.8 Å². The standard InChI is InChI=1S/C16H12ClF5N6/c17-11-9(2-1-3-10(11)16(20,21)22)6-28-14-12(25-26-28)13(23-8-24-14)27-5-4-15(18,19)7-27/h1-3,8H,4-7H2. The molecule has 0 aliphatic carbocycles. The number of hydrogen-bond acceptors (Lipinski definition) is 5. The second-order valence-electron chi connectivity index (χ2n) is 6.42. The maximum absolute atomic E-state index is 13.5. The van der Waals surface area contributed by atoms with Gasteiger partial charge in [0, 0.05) is 13.0 Å². The first-order chi connectivity index (χ1) is 13.2. The third-order valence-corrected chi connectivity index (χ3v) is 4.90. The van der Waals surface area contributed by atoms with E-state index in [1.807, 2.05) is 0 Å². The fourth-order valence-electron chi connectivity index (χ4n) is 3.12. The predicted molar refractivity (Wildman–Crippen MR) is 90.5 cm³/mol. The fraction of sp³-hybridized carbons (Fsp3) is 0.375. The number of hydrogen-bond donors (Lipinski definition) is 0. The average Bonchev–Trinajstić information content (AvgIpc) is 3.19. The minimum absolute atomic E-state index is 0.103. The number of rotatable bonds is 3. The van der Waals surface area contributed by atoms with Crippen molar-refractivity contribution >= 4 is 28.6 Å². The highest BCUT2D eigenvalue weighted by atomic mass is 35.5. The van der Waals surface area contributed by atoms with Crippen molar-refractivity contribution < 1.29 is 22.0 Å². The van der Waals surface area contributed by atoms with Crippen LogP contribution in [0, 0.1) is 0 Å². The number of alkyl halides is 5. The minimum Gasteiger partial charge on any atom is -0.348 e. The molecule has 0 N–H and O–H groups in total. The molecular weight excluding hydrogens is 407 g/mol. The zero-order valence-electron chi connectivity index (χ0n) is 14.1. The Labute approximate surface area is 159 Å². The van der Waals surface area contributed by atoms with Crippen LogP contribution in [0.25, 0.3) is 11.2 Å². The molecule has 1 fully saturated rings. The van der Waals surface area contributed by atoms with Crippen molar-refractivity contribution in [3.05, 3.63) is 40.7 Å². The summed E-state index contributed by atoms with van der Waals surface area (Å²) in [7, 11) is 0. The van der Waals surface area contributed by atoms with Crippen molar-refractivity contribution in [2.24, 2.45) is 0 Å². The van der Waals surface area contributed by atoms with Crippen molar-refractivity contribution in [2.45, 2.75) is 25.1 Å². The quantitative estimate of drug-likeness (QED) is 0.606. The second-order valence-corrected chi connectivity index (χ2v) is 6.80. The van der Waals surface area contributed by atoms with E-state index in [4.69, 9.17) is 11.6 Å². The van der Waals surface area contributed by atoms with Gasteiger partial charge in [0.05, 0.1) is 23.7 Å². The van der Waals surface area contributed by atoms with Crippen molar-refractivity contribution in [1.82, 2.24) is 25.0 Å². The Hall–Kier alpha value is -2.56. The number of benzene rings is 1. The summed E-state index contributed by atoms with van der Waals surface area (Å²) in [6, 6.07) is 3.57. The van der Waals surface area contributed by atoms with Crippen LogP contribution in [0.15, 0.2) is 24.5 Å². The molecule has 4 rings (SSSR count). The average molecular weight is 419 g/mol. The van der Waals surface area contributed by atoms with E-state index in [0.717, 1.165) is 6.07 Å². The van der Waals surface area contributed by atoms with Gasteiger partial charge in [-0.1, -0.05) is 28.9 Å². The van der Waals surface area contributed by atoms with E-state index in [2.05, 4.69) is 20.3 Å². The van der Waals surface area contributed by atoms with E-state index < -0.39 is 29.2 Å². The number of halogens is 6. The summed E-state index contributed by atoms with van der Waals surface area (Å²) in [4.78, 5) is 9.47. The Balaban J connectivity index is 1.70. The zero-order valence-corrected chi connectivity index (χ0v) is 14.8. The molecule has 0 atom stereocenters. The lowest BCUT2D eigenvalue weighted by Crippen LogP contribution is -2.25. The van der Waals surface area contributed by atoms with Gasteiger partial charge in [0.1, 0.15) is 6.33 Å². The number of anilines is 1. The van der Waals surface area contributed by atoms with E-state index in [1.54, 1.807) is 0 Å². The van der Waals surface area contributed by atoms with Gasteiger partial charge >= 0.3 is 6.18 Å². The van der Waals surface area contributed by atoms with Crippen molar-refractivity contribution in [1.29, 1.82) is 0 Å². The first-order valence-electron chi connectivity index (χ1n) is 8.17. The second kappa shape index (κ2) is 6.50. The molecule has 2 aromatic heterocycles. The molecule has 0 radical (unpaired) electrons. The first kappa shape index (κ1) is 18.8. The molecule has 12 heteroatoms. The van der Waals surface area contributed by atoms with Gasteiger partial charge in [0.15, 0.2) is 17.0 Å². The highest BCUT2D eigenvalue weighted by Gasteiger charge is 2.40. The third kappa shape index (κ3) is 3.34. The molecule has 0 amide bonds. The van der Waals surface area contributed by atoms with Crippen molar-refractivity contribution in [2.75, 3.05) is 18.0 Å². The summed E-state index contributed by atoms with van der Waals surface area (Å²) in [5.41, 5.74) is -0.362. The molecule has 0 unspecified atom stereocenters. The van der Waals surface area contributed by atoms with E-state index >= 15 is 0 Å². The van der Waals surface area contributed by atoms with E-state index in [-0.39, 0.29) is 42.1 Å². The minimum atomic E-state index is -4.59. The molecule has 28 heavy (non-hydrogen) atoms. The van der Waals surface area contributed by atoms with Gasteiger partial charge in [-0.25, -0.2) is 23.4 Å². The highest BCUT2D eigenvalue weighted by Crippen LogP contribution is 2.37. The smallest absolute Gasteiger partial charge is 0.348 e. The molecule has 1 aliphatic rings. The zero-order chi connectivity index (χ0) is 20.1. The van der Waals surface area contributed by atoms with Crippen LogP contribution < -0.4 is 4.90 Å². The normalized spacial score (nSPS) is 16.9. The molecule has 1 aliphatic heterocycles. The van der Waals surface area contributed by atoms with Gasteiger partial charge in [-0.3, -0.25) is 0 Å². The van der Waals surface area contributed by atoms with Gasteiger partial charge in [-0.2, -0.15) is 13.2 Å². The molecule has 3 aromatic rings. The largest absolute Gasteiger partial charge is 0.417 e. The SMILES string of the molecule is FC1(F)CCN(c2ncnc3c2nnn3Cc2cccc(C(F)(F)F)c2Cl)C1. The summed E-state index contributed by atoms with van der Waals surface area (Å²) >= 11 is 5.92. The van der Waals surface area contributed by atoms with Crippen LogP contribution in [-0.2, 0) is 12.7 Å². The summed E-state index contributed by atoms with van der Waals surface area (Å²) in [6.07, 6.45) is -3.71. The molecular formula is C16H12ClF5N6. The number of aromatic nitrogens is 5. The van der Waals surface area contributed by atoms with Gasteiger partial charge in [0.25, 0.3) is 5.92 Å². The van der Waals surface area contributed by atoms with Gasteiger partial charge in [0.2, 0.25) is 0 Å². The number of nitrogens with zero attached hydrogens (tertiary/aromatic N) is 6. The van der Waals surface area contributed by atoms with Crippen molar-refractivity contribution in [3.8, 4) is 0 Å². The monoisotopic (exact) mass is 418 g/mol. The maximum atomic E-state index is 13.5. The molecule has 0 spiro atoms. The molecule has 3 heterocycles. The van der Waals surface area contributed by atoms with Crippen molar-refractivity contribution in [3.63, 3.8) is 0 Å². The van der Waals surface area contributed by atoms with Crippen LogP contribution in [0.2, 0.25) is 5.02 Å². The third-order valence-electron chi connectivity index (χ3n) is 4.45. The van der Waals surface area contributed by atoms with Crippen LogP contribution in [0.1, 0.15) is 17.5 Å². The Morgan fingerprint density at radius 1 is 1.18 bits per heavy atom. The summed E-state index contributed by atoms with van der Waals surface area (Å²) in [6.45, 7) is -0.511. The number of fused-ring (bicyclic) bond motifs is 1. The summed E-state index contributed by atoms with van der Waals surface area (Å²) in [5.74, 6) is -2.61. The van der Waals surface area contributed by atoms with Crippen LogP contribution >= 0.6 is 11.6 Å². The first-order valence-corrected chi connectivity index (χ1v) is 8.55. The van der Waals surface area contributed by atoms with Gasteiger partial charge in [-0.05, 0) is 11.6 Å². The molecule has 6 nitrogen and oxygen atoms in total. The lowest BCUT2D eigenvalue weighted by Gasteiger charge is -2.16. The predicted octanol–water partition coefficient (Wildman–Crippen LogP) is 3.79. The molecule has 148 valence electrons. The Morgan fingerprint density at radius 3 is 2.64 bits per heavy atom. The van der Waals surface area contributed by atoms with Crippen LogP contribution in [0.3, 0.4) is 0 Å². The Bertz CT molecular complexity index is 1030. The maximum Gasteiger partial charge on any atom is 0.417 e. The topological polar surface area (TPSA) is 59.7 Å². The van der Waals surface area contributed by atoms with E-state index in [0.29, 0.717) is 0 Å². The van der Waals surface area contributed by atoms with Crippen LogP contribution in [-0.4, -0.2) is 44.0 Å². The highest BCUT2D eigenvalue weighted by molar-refractivity contribution is 6.32. The molecule has 1 aromatic carbocycles. The van der Waals surface area contributed by atoms with Crippen LogP contribution in [0.5, 0.6) is 0 Å². The summed E-state index contributed by atoms with van der Waals surface area (Å²) < 4.78 is 67.4. The van der Waals surface area contributed by atoms with Gasteiger partial charge < -0.3 is 4.90 Å². The van der Waals surface area contributed by atoms with Gasteiger partial charge in [-0.15, -0.1) is 5.10 Å². The lowest BCUT2D eigenvalue weighted by atomic mass is 10.1. The Morgan fingerprint density at radius 2 is 1.96 bits per heavy atom. The van der Waals surface area contributed by atoms with E-state index in [9.17, 15) is 22.0 Å². The summed E-state index contributed by atoms with van der Waals surface area (Å²) in [5, 5.41) is 7.41. The lowest BCUT2D eigenvalue weighted by molar-refractivity contribution is -0.137. The van der Waals surface area contributed by atoms with E-state index in [1.165, 1.54) is 28.0 Å². The molecule has 0 bridgehead atoms. The molecule has 1 saturated heterocycles. The fourth-order valence-corrected chi connectivity index (χ4v) is 3.41.